The Balaban J connectivity index is 1.82. The Morgan fingerprint density at radius 3 is 2.38 bits per heavy atom. The highest BCUT2D eigenvalue weighted by Gasteiger charge is 2.59. The van der Waals surface area contributed by atoms with Gasteiger partial charge in [0.1, 0.15) is 5.41 Å². The fourth-order valence-corrected chi connectivity index (χ4v) is 6.34. The summed E-state index contributed by atoms with van der Waals surface area (Å²) in [6.07, 6.45) is 0.695. The Kier molecular flexibility index (Phi) is 8.55. The third kappa shape index (κ3) is 6.15. The fraction of sp³-hybridized carbons (Fsp3) is 0.333. The molecule has 1 amide bonds. The first kappa shape index (κ1) is 27.9. The molecule has 1 aliphatic rings. The predicted octanol–water partition coefficient (Wildman–Crippen LogP) is 7.24. The topological polar surface area (TPSA) is 64.9 Å². The molecule has 1 saturated heterocycles. The molecule has 1 heterocycles. The van der Waals surface area contributed by atoms with Gasteiger partial charge in [-0.05, 0) is 87.5 Å². The van der Waals surface area contributed by atoms with Gasteiger partial charge in [0.25, 0.3) is 0 Å². The SMILES string of the molecule is CC(C)(C)CC1NC(C(=O)NCc2cccc(I)c2)C(c2cccc(Cl)c2)C1(C#N)c1ccc(Cl)cc1. The number of hydrogen-bond donors (Lipinski definition) is 2. The van der Waals surface area contributed by atoms with E-state index in [9.17, 15) is 10.1 Å². The zero-order valence-electron chi connectivity index (χ0n) is 21.1. The lowest BCUT2D eigenvalue weighted by atomic mass is 9.63. The average molecular weight is 646 g/mol. The van der Waals surface area contributed by atoms with Gasteiger partial charge in [0.05, 0.1) is 12.1 Å². The van der Waals surface area contributed by atoms with Crippen LogP contribution in [0.5, 0.6) is 0 Å². The molecule has 3 aromatic carbocycles. The first-order valence-corrected chi connectivity index (χ1v) is 14.1. The monoisotopic (exact) mass is 645 g/mol. The summed E-state index contributed by atoms with van der Waals surface area (Å²) >= 11 is 14.9. The molecule has 7 heteroatoms. The van der Waals surface area contributed by atoms with E-state index in [0.717, 1.165) is 20.3 Å². The van der Waals surface area contributed by atoms with Crippen molar-refractivity contribution >= 4 is 51.7 Å². The van der Waals surface area contributed by atoms with E-state index in [1.165, 1.54) is 0 Å². The van der Waals surface area contributed by atoms with Crippen LogP contribution in [0.15, 0.2) is 72.8 Å². The van der Waals surface area contributed by atoms with Gasteiger partial charge in [-0.15, -0.1) is 0 Å². The molecule has 0 aliphatic carbocycles. The number of hydrogen-bond acceptors (Lipinski definition) is 3. The number of benzene rings is 3. The number of nitrogens with zero attached hydrogens (tertiary/aromatic N) is 1. The predicted molar refractivity (Wildman–Crippen MR) is 159 cm³/mol. The van der Waals surface area contributed by atoms with Crippen LogP contribution >= 0.6 is 45.8 Å². The summed E-state index contributed by atoms with van der Waals surface area (Å²) in [5.41, 5.74) is 1.60. The zero-order valence-corrected chi connectivity index (χ0v) is 24.7. The number of nitriles is 1. The molecular weight excluding hydrogens is 616 g/mol. The van der Waals surface area contributed by atoms with Crippen molar-refractivity contribution in [1.82, 2.24) is 10.6 Å². The maximum Gasteiger partial charge on any atom is 0.238 e. The van der Waals surface area contributed by atoms with Crippen molar-refractivity contribution in [3.05, 3.63) is 103 Å². The van der Waals surface area contributed by atoms with Crippen LogP contribution in [0.2, 0.25) is 10.0 Å². The van der Waals surface area contributed by atoms with E-state index in [1.807, 2.05) is 72.8 Å². The summed E-state index contributed by atoms with van der Waals surface area (Å²) in [7, 11) is 0. The van der Waals surface area contributed by atoms with Gasteiger partial charge in [-0.2, -0.15) is 5.26 Å². The van der Waals surface area contributed by atoms with Crippen LogP contribution in [0.3, 0.4) is 0 Å². The molecule has 0 saturated carbocycles. The van der Waals surface area contributed by atoms with Crippen molar-refractivity contribution < 1.29 is 4.79 Å². The van der Waals surface area contributed by atoms with Gasteiger partial charge in [-0.3, -0.25) is 4.79 Å². The molecule has 1 aliphatic heterocycles. The van der Waals surface area contributed by atoms with E-state index in [1.54, 1.807) is 0 Å². The standard InChI is InChI=1S/C30H30Cl2IN3O/c1-29(2,3)16-25-30(18-34,21-10-12-22(31)13-11-21)26(20-7-5-8-23(32)15-20)27(36-25)28(37)35-17-19-6-4-9-24(33)14-19/h4-15,25-27,36H,16-17H2,1-3H3,(H,35,37). The number of halogens is 3. The quantitative estimate of drug-likeness (QED) is 0.278. The van der Waals surface area contributed by atoms with Gasteiger partial charge >= 0.3 is 0 Å². The Bertz CT molecular complexity index is 1320. The Morgan fingerprint density at radius 2 is 1.76 bits per heavy atom. The van der Waals surface area contributed by atoms with Crippen LogP contribution in [0.4, 0.5) is 0 Å². The van der Waals surface area contributed by atoms with E-state index in [4.69, 9.17) is 23.2 Å². The molecule has 4 nitrogen and oxygen atoms in total. The van der Waals surface area contributed by atoms with Crippen LogP contribution < -0.4 is 10.6 Å². The molecule has 0 radical (unpaired) electrons. The third-order valence-corrected chi connectivity index (χ3v) is 8.08. The molecule has 0 aromatic heterocycles. The van der Waals surface area contributed by atoms with E-state index >= 15 is 0 Å². The molecule has 3 aromatic rings. The summed E-state index contributed by atoms with van der Waals surface area (Å²) in [4.78, 5) is 13.8. The minimum Gasteiger partial charge on any atom is -0.351 e. The summed E-state index contributed by atoms with van der Waals surface area (Å²) in [6.45, 7) is 6.85. The number of carbonyl (C=O) groups excluding carboxylic acids is 1. The van der Waals surface area contributed by atoms with Gasteiger partial charge < -0.3 is 10.6 Å². The van der Waals surface area contributed by atoms with Crippen molar-refractivity contribution in [3.63, 3.8) is 0 Å². The number of nitrogens with one attached hydrogen (secondary N) is 2. The molecule has 2 N–H and O–H groups in total. The van der Waals surface area contributed by atoms with Crippen molar-refractivity contribution in [2.75, 3.05) is 0 Å². The van der Waals surface area contributed by atoms with Crippen LogP contribution in [0.25, 0.3) is 0 Å². The van der Waals surface area contributed by atoms with E-state index in [0.29, 0.717) is 23.0 Å². The highest BCUT2D eigenvalue weighted by molar-refractivity contribution is 14.1. The summed E-state index contributed by atoms with van der Waals surface area (Å²) < 4.78 is 1.11. The van der Waals surface area contributed by atoms with E-state index in [2.05, 4.69) is 60.1 Å². The molecule has 4 atom stereocenters. The lowest BCUT2D eigenvalue weighted by molar-refractivity contribution is -0.123. The number of carbonyl (C=O) groups is 1. The Morgan fingerprint density at radius 1 is 1.05 bits per heavy atom. The molecule has 4 rings (SSSR count). The lowest BCUT2D eigenvalue weighted by Gasteiger charge is -2.37. The maximum absolute atomic E-state index is 13.8. The van der Waals surface area contributed by atoms with Gasteiger partial charge in [-0.1, -0.05) is 80.4 Å². The largest absolute Gasteiger partial charge is 0.351 e. The second kappa shape index (κ2) is 11.3. The van der Waals surface area contributed by atoms with Crippen molar-refractivity contribution in [2.24, 2.45) is 5.41 Å². The van der Waals surface area contributed by atoms with Crippen LogP contribution in [-0.4, -0.2) is 18.0 Å². The first-order valence-electron chi connectivity index (χ1n) is 12.2. The molecule has 0 bridgehead atoms. The molecule has 192 valence electrons. The smallest absolute Gasteiger partial charge is 0.238 e. The van der Waals surface area contributed by atoms with Crippen molar-refractivity contribution in [2.45, 2.75) is 57.2 Å². The van der Waals surface area contributed by atoms with Crippen molar-refractivity contribution in [3.8, 4) is 6.07 Å². The zero-order chi connectivity index (χ0) is 26.8. The number of rotatable bonds is 6. The van der Waals surface area contributed by atoms with Gasteiger partial charge in [0.2, 0.25) is 5.91 Å². The Hall–Kier alpha value is -2.11. The van der Waals surface area contributed by atoms with Gasteiger partial charge in [0.15, 0.2) is 0 Å². The highest BCUT2D eigenvalue weighted by Crippen LogP contribution is 2.51. The highest BCUT2D eigenvalue weighted by atomic mass is 127. The fourth-order valence-electron chi connectivity index (χ4n) is 5.40. The van der Waals surface area contributed by atoms with Crippen LogP contribution in [0.1, 0.15) is 49.8 Å². The number of amides is 1. The molecule has 37 heavy (non-hydrogen) atoms. The second-order valence-electron chi connectivity index (χ2n) is 10.8. The maximum atomic E-state index is 13.8. The lowest BCUT2D eigenvalue weighted by Crippen LogP contribution is -2.45. The van der Waals surface area contributed by atoms with Crippen LogP contribution in [-0.2, 0) is 16.8 Å². The summed E-state index contributed by atoms with van der Waals surface area (Å²) in [5, 5.41) is 18.8. The molecular formula is C30H30Cl2IN3O. The third-order valence-electron chi connectivity index (χ3n) is 6.92. The Labute approximate surface area is 242 Å². The average Bonchev–Trinajstić information content (AvgIpc) is 3.16. The minimum atomic E-state index is -1.02. The van der Waals surface area contributed by atoms with Gasteiger partial charge in [-0.25, -0.2) is 0 Å². The summed E-state index contributed by atoms with van der Waals surface area (Å²) in [6, 6.07) is 24.8. The first-order chi connectivity index (χ1) is 17.5. The van der Waals surface area contributed by atoms with Crippen LogP contribution in [0, 0.1) is 20.3 Å². The summed E-state index contributed by atoms with van der Waals surface area (Å²) in [5.74, 6) is -0.616. The molecule has 4 unspecified atom stereocenters. The van der Waals surface area contributed by atoms with Gasteiger partial charge in [0, 0.05) is 32.1 Å². The van der Waals surface area contributed by atoms with E-state index < -0.39 is 17.4 Å². The normalized spacial score (nSPS) is 23.4. The molecule has 0 spiro atoms. The molecule has 1 fully saturated rings. The second-order valence-corrected chi connectivity index (χ2v) is 12.9. The van der Waals surface area contributed by atoms with E-state index in [-0.39, 0.29) is 17.4 Å². The minimum absolute atomic E-state index is 0.0861. The van der Waals surface area contributed by atoms with Crippen molar-refractivity contribution in [1.29, 1.82) is 5.26 Å².